The van der Waals surface area contributed by atoms with Crippen LogP contribution in [0.25, 0.3) is 0 Å². The summed E-state index contributed by atoms with van der Waals surface area (Å²) >= 11 is 0. The van der Waals surface area contributed by atoms with Crippen molar-refractivity contribution in [2.75, 3.05) is 46.1 Å². The summed E-state index contributed by atoms with van der Waals surface area (Å²) in [5.74, 6) is 0. The van der Waals surface area contributed by atoms with E-state index in [2.05, 4.69) is 4.90 Å². The van der Waals surface area contributed by atoms with Crippen molar-refractivity contribution in [1.29, 1.82) is 0 Å². The fourth-order valence-electron chi connectivity index (χ4n) is 3.27. The first-order chi connectivity index (χ1) is 7.70. The van der Waals surface area contributed by atoms with Gasteiger partial charge in [-0.1, -0.05) is 0 Å². The minimum Gasteiger partial charge on any atom is -0.386 e. The van der Waals surface area contributed by atoms with Crippen LogP contribution in [0.5, 0.6) is 0 Å². The molecular formula is C12H21NO3. The van der Waals surface area contributed by atoms with Crippen LogP contribution in [0.3, 0.4) is 0 Å². The Morgan fingerprint density at radius 1 is 1.00 bits per heavy atom. The van der Waals surface area contributed by atoms with E-state index in [0.29, 0.717) is 18.6 Å². The molecule has 0 amide bonds. The van der Waals surface area contributed by atoms with Crippen molar-refractivity contribution in [3.63, 3.8) is 0 Å². The molecule has 3 aliphatic heterocycles. The lowest BCUT2D eigenvalue weighted by Crippen LogP contribution is -2.61. The molecule has 3 aliphatic rings. The SMILES string of the molecule is OC1(CN2CC3(CCOCC3)C2)CCOC1. The van der Waals surface area contributed by atoms with E-state index >= 15 is 0 Å². The number of rotatable bonds is 2. The van der Waals surface area contributed by atoms with Gasteiger partial charge < -0.3 is 14.6 Å². The summed E-state index contributed by atoms with van der Waals surface area (Å²) in [4.78, 5) is 2.38. The summed E-state index contributed by atoms with van der Waals surface area (Å²) < 4.78 is 10.7. The molecule has 0 radical (unpaired) electrons. The number of aliphatic hydroxyl groups is 1. The molecule has 0 bridgehead atoms. The number of β-amino-alcohol motifs (C(OH)–C–C–N with tert-alkyl or cyclic N) is 1. The minimum absolute atomic E-state index is 0.508. The molecule has 0 aromatic carbocycles. The van der Waals surface area contributed by atoms with Crippen molar-refractivity contribution in [3.05, 3.63) is 0 Å². The molecule has 1 atom stereocenters. The summed E-state index contributed by atoms with van der Waals surface area (Å²) in [6.07, 6.45) is 3.18. The third-order valence-corrected chi connectivity index (χ3v) is 4.27. The third-order valence-electron chi connectivity index (χ3n) is 4.27. The van der Waals surface area contributed by atoms with Gasteiger partial charge in [0.2, 0.25) is 0 Å². The normalized spacial score (nSPS) is 38.8. The largest absolute Gasteiger partial charge is 0.386 e. The van der Waals surface area contributed by atoms with Crippen LogP contribution in [-0.4, -0.2) is 61.7 Å². The maximum atomic E-state index is 10.2. The fraction of sp³-hybridized carbons (Fsp3) is 1.00. The second kappa shape index (κ2) is 3.95. The molecule has 92 valence electrons. The van der Waals surface area contributed by atoms with Crippen LogP contribution in [0.15, 0.2) is 0 Å². The highest BCUT2D eigenvalue weighted by atomic mass is 16.5. The quantitative estimate of drug-likeness (QED) is 0.734. The molecule has 0 aromatic rings. The summed E-state index contributed by atoms with van der Waals surface area (Å²) in [6.45, 7) is 6.12. The predicted molar refractivity (Wildman–Crippen MR) is 59.3 cm³/mol. The zero-order valence-electron chi connectivity index (χ0n) is 9.78. The molecule has 0 aliphatic carbocycles. The molecule has 16 heavy (non-hydrogen) atoms. The van der Waals surface area contributed by atoms with Gasteiger partial charge in [0.25, 0.3) is 0 Å². The number of hydrogen-bond acceptors (Lipinski definition) is 4. The van der Waals surface area contributed by atoms with E-state index in [0.717, 1.165) is 39.3 Å². The molecule has 4 heteroatoms. The van der Waals surface area contributed by atoms with Gasteiger partial charge in [-0.2, -0.15) is 0 Å². The van der Waals surface area contributed by atoms with E-state index in [9.17, 15) is 5.11 Å². The smallest absolute Gasteiger partial charge is 0.103 e. The van der Waals surface area contributed by atoms with E-state index in [1.165, 1.54) is 12.8 Å². The highest BCUT2D eigenvalue weighted by Gasteiger charge is 2.46. The predicted octanol–water partition coefficient (Wildman–Crippen LogP) is 0.250. The lowest BCUT2D eigenvalue weighted by molar-refractivity contribution is -0.109. The summed E-state index contributed by atoms with van der Waals surface area (Å²) in [7, 11) is 0. The summed E-state index contributed by atoms with van der Waals surface area (Å²) in [6, 6.07) is 0. The van der Waals surface area contributed by atoms with Gasteiger partial charge >= 0.3 is 0 Å². The maximum absolute atomic E-state index is 10.2. The molecule has 3 fully saturated rings. The molecule has 4 nitrogen and oxygen atoms in total. The standard InChI is InChI=1S/C12H21NO3/c14-12(3-6-16-10-12)9-13-7-11(8-13)1-4-15-5-2-11/h14H,1-10H2. The van der Waals surface area contributed by atoms with Gasteiger partial charge in [0, 0.05) is 51.3 Å². The monoisotopic (exact) mass is 227 g/mol. The van der Waals surface area contributed by atoms with E-state index in [-0.39, 0.29) is 0 Å². The zero-order valence-corrected chi connectivity index (χ0v) is 9.78. The van der Waals surface area contributed by atoms with Crippen molar-refractivity contribution < 1.29 is 14.6 Å². The molecule has 1 spiro atoms. The number of ether oxygens (including phenoxy) is 2. The average molecular weight is 227 g/mol. The molecule has 1 unspecified atom stereocenters. The minimum atomic E-state index is -0.577. The molecule has 0 saturated carbocycles. The second-order valence-electron chi connectivity index (χ2n) is 5.78. The Bertz CT molecular complexity index is 249. The van der Waals surface area contributed by atoms with Crippen LogP contribution >= 0.6 is 0 Å². The Morgan fingerprint density at radius 2 is 1.69 bits per heavy atom. The van der Waals surface area contributed by atoms with Crippen LogP contribution in [-0.2, 0) is 9.47 Å². The van der Waals surface area contributed by atoms with Crippen LogP contribution in [0.1, 0.15) is 19.3 Å². The van der Waals surface area contributed by atoms with Crippen LogP contribution in [0.2, 0.25) is 0 Å². The van der Waals surface area contributed by atoms with E-state index in [1.54, 1.807) is 0 Å². The van der Waals surface area contributed by atoms with Crippen LogP contribution < -0.4 is 0 Å². The van der Waals surface area contributed by atoms with Gasteiger partial charge in [0.1, 0.15) is 5.60 Å². The Balaban J connectivity index is 1.49. The van der Waals surface area contributed by atoms with Gasteiger partial charge in [-0.15, -0.1) is 0 Å². The zero-order chi connectivity index (χ0) is 11.1. The summed E-state index contributed by atoms with van der Waals surface area (Å²) in [5.41, 5.74) is -0.0686. The van der Waals surface area contributed by atoms with Crippen molar-refractivity contribution >= 4 is 0 Å². The topological polar surface area (TPSA) is 41.9 Å². The van der Waals surface area contributed by atoms with E-state index in [4.69, 9.17) is 9.47 Å². The van der Waals surface area contributed by atoms with Gasteiger partial charge in [-0.3, -0.25) is 4.90 Å². The van der Waals surface area contributed by atoms with Gasteiger partial charge in [-0.05, 0) is 12.8 Å². The van der Waals surface area contributed by atoms with Crippen molar-refractivity contribution in [2.24, 2.45) is 5.41 Å². The summed E-state index contributed by atoms with van der Waals surface area (Å²) in [5, 5.41) is 10.2. The lowest BCUT2D eigenvalue weighted by atomic mass is 9.73. The van der Waals surface area contributed by atoms with Gasteiger partial charge in [0.15, 0.2) is 0 Å². The second-order valence-corrected chi connectivity index (χ2v) is 5.78. The lowest BCUT2D eigenvalue weighted by Gasteiger charge is -2.53. The Kier molecular flexibility index (Phi) is 2.70. The number of hydrogen-bond donors (Lipinski definition) is 1. The average Bonchev–Trinajstić information content (AvgIpc) is 2.64. The number of likely N-dealkylation sites (tertiary alicyclic amines) is 1. The molecule has 3 saturated heterocycles. The Morgan fingerprint density at radius 3 is 2.31 bits per heavy atom. The molecule has 0 aromatic heterocycles. The maximum Gasteiger partial charge on any atom is 0.103 e. The first kappa shape index (κ1) is 11.0. The van der Waals surface area contributed by atoms with Crippen molar-refractivity contribution in [3.8, 4) is 0 Å². The van der Waals surface area contributed by atoms with Crippen LogP contribution in [0.4, 0.5) is 0 Å². The van der Waals surface area contributed by atoms with Crippen molar-refractivity contribution in [2.45, 2.75) is 24.9 Å². The third kappa shape index (κ3) is 1.99. The van der Waals surface area contributed by atoms with E-state index < -0.39 is 5.60 Å². The molecule has 3 heterocycles. The molecule has 1 N–H and O–H groups in total. The fourth-order valence-corrected chi connectivity index (χ4v) is 3.27. The van der Waals surface area contributed by atoms with Crippen LogP contribution in [0, 0.1) is 5.41 Å². The van der Waals surface area contributed by atoms with Gasteiger partial charge in [-0.25, -0.2) is 0 Å². The highest BCUT2D eigenvalue weighted by Crippen LogP contribution is 2.40. The van der Waals surface area contributed by atoms with Crippen molar-refractivity contribution in [1.82, 2.24) is 4.90 Å². The highest BCUT2D eigenvalue weighted by molar-refractivity contribution is 4.99. The first-order valence-electron chi connectivity index (χ1n) is 6.30. The Hall–Kier alpha value is -0.160. The van der Waals surface area contributed by atoms with E-state index in [1.807, 2.05) is 0 Å². The Labute approximate surface area is 96.5 Å². The molecule has 3 rings (SSSR count). The molecular weight excluding hydrogens is 206 g/mol. The number of nitrogens with zero attached hydrogens (tertiary/aromatic N) is 1. The first-order valence-corrected chi connectivity index (χ1v) is 6.30. The van der Waals surface area contributed by atoms with Gasteiger partial charge in [0.05, 0.1) is 6.61 Å².